The molecule has 0 radical (unpaired) electrons. The van der Waals surface area contributed by atoms with Crippen molar-refractivity contribution < 1.29 is 19.5 Å². The molecule has 0 aliphatic carbocycles. The SMILES string of the molecule is CCCCCNC(=O)C1N([C@@H](CO)CC(C)C)C(=O)[C@@H]2[C@@H](C(=O)Nc3ccccc3)[C@@H]3SC12CC3Br. The number of amides is 3. The molecule has 198 valence electrons. The van der Waals surface area contributed by atoms with Crippen molar-refractivity contribution >= 4 is 51.1 Å². The van der Waals surface area contributed by atoms with Crippen LogP contribution in [0, 0.1) is 17.8 Å². The van der Waals surface area contributed by atoms with Crippen LogP contribution >= 0.6 is 27.7 Å². The van der Waals surface area contributed by atoms with Crippen molar-refractivity contribution in [2.75, 3.05) is 18.5 Å². The van der Waals surface area contributed by atoms with Gasteiger partial charge in [0.15, 0.2) is 0 Å². The van der Waals surface area contributed by atoms with Gasteiger partial charge < -0.3 is 20.6 Å². The standard InChI is InChI=1S/C27H38BrN3O4S/c1-4-5-9-12-29-25(34)23-27-14-19(28)22(36-27)20(24(33)30-17-10-7-6-8-11-17)21(27)26(35)31(23)18(15-32)13-16(2)3/h6-8,10-11,16,18-23,32H,4-5,9,12-15H2,1-3H3,(H,29,34)(H,30,33)/t18-,19?,20-,21+,22-,23?,27?/m1/s1. The molecule has 7 atom stereocenters. The van der Waals surface area contributed by atoms with Crippen LogP contribution in [0.15, 0.2) is 30.3 Å². The van der Waals surface area contributed by atoms with Gasteiger partial charge in [0, 0.05) is 22.3 Å². The first-order valence-electron chi connectivity index (χ1n) is 13.1. The van der Waals surface area contributed by atoms with Gasteiger partial charge in [0.25, 0.3) is 0 Å². The van der Waals surface area contributed by atoms with Crippen molar-refractivity contribution in [2.24, 2.45) is 17.8 Å². The minimum Gasteiger partial charge on any atom is -0.394 e. The number of benzene rings is 1. The molecule has 3 saturated heterocycles. The van der Waals surface area contributed by atoms with Gasteiger partial charge >= 0.3 is 0 Å². The number of unbranched alkanes of at least 4 members (excludes halogenated alkanes) is 2. The molecule has 36 heavy (non-hydrogen) atoms. The number of nitrogens with zero attached hydrogens (tertiary/aromatic N) is 1. The van der Waals surface area contributed by atoms with E-state index < -0.39 is 28.7 Å². The van der Waals surface area contributed by atoms with Gasteiger partial charge in [-0.05, 0) is 37.3 Å². The fourth-order valence-corrected chi connectivity index (χ4v) is 9.91. The molecule has 3 heterocycles. The summed E-state index contributed by atoms with van der Waals surface area (Å²) in [7, 11) is 0. The van der Waals surface area contributed by atoms with Crippen molar-refractivity contribution in [3.63, 3.8) is 0 Å². The fourth-order valence-electron chi connectivity index (χ4n) is 6.31. The fraction of sp³-hybridized carbons (Fsp3) is 0.667. The predicted molar refractivity (Wildman–Crippen MR) is 147 cm³/mol. The third kappa shape index (κ3) is 4.95. The highest BCUT2D eigenvalue weighted by atomic mass is 79.9. The van der Waals surface area contributed by atoms with Crippen molar-refractivity contribution in [1.82, 2.24) is 10.2 Å². The molecule has 3 fully saturated rings. The minimum absolute atomic E-state index is 0.0195. The van der Waals surface area contributed by atoms with Gasteiger partial charge in [0.2, 0.25) is 17.7 Å². The van der Waals surface area contributed by atoms with Crippen molar-refractivity contribution in [3.05, 3.63) is 30.3 Å². The zero-order chi connectivity index (χ0) is 26.0. The van der Waals surface area contributed by atoms with Crippen LogP contribution in [-0.2, 0) is 14.4 Å². The van der Waals surface area contributed by atoms with Crippen LogP contribution in [0.1, 0.15) is 52.9 Å². The molecule has 0 aromatic heterocycles. The lowest BCUT2D eigenvalue weighted by molar-refractivity contribution is -0.142. The van der Waals surface area contributed by atoms with Gasteiger partial charge in [-0.25, -0.2) is 0 Å². The zero-order valence-electron chi connectivity index (χ0n) is 21.3. The summed E-state index contributed by atoms with van der Waals surface area (Å²) in [5.74, 6) is -1.44. The van der Waals surface area contributed by atoms with Gasteiger partial charge in [-0.2, -0.15) is 0 Å². The number of rotatable bonds is 11. The first kappa shape index (κ1) is 27.5. The number of hydrogen-bond donors (Lipinski definition) is 3. The summed E-state index contributed by atoms with van der Waals surface area (Å²) in [5.41, 5.74) is 0.691. The zero-order valence-corrected chi connectivity index (χ0v) is 23.7. The number of para-hydroxylation sites is 1. The van der Waals surface area contributed by atoms with Gasteiger partial charge in [-0.1, -0.05) is 67.7 Å². The topological polar surface area (TPSA) is 98.7 Å². The van der Waals surface area contributed by atoms with Crippen molar-refractivity contribution in [1.29, 1.82) is 0 Å². The lowest BCUT2D eigenvalue weighted by Gasteiger charge is -2.37. The van der Waals surface area contributed by atoms with Gasteiger partial charge in [0.1, 0.15) is 6.04 Å². The Morgan fingerprint density at radius 2 is 1.94 bits per heavy atom. The van der Waals surface area contributed by atoms with E-state index >= 15 is 0 Å². The van der Waals surface area contributed by atoms with Gasteiger partial charge in [0.05, 0.1) is 29.2 Å². The molecule has 1 spiro atoms. The van der Waals surface area contributed by atoms with Crippen LogP contribution in [0.5, 0.6) is 0 Å². The number of anilines is 1. The molecular formula is C27H38BrN3O4S. The molecule has 2 bridgehead atoms. The summed E-state index contributed by atoms with van der Waals surface area (Å²) < 4.78 is -0.701. The van der Waals surface area contributed by atoms with Crippen LogP contribution < -0.4 is 10.6 Å². The van der Waals surface area contributed by atoms with E-state index in [2.05, 4.69) is 33.5 Å². The number of aliphatic hydroxyl groups is 1. The second-order valence-corrected chi connectivity index (χ2v) is 13.4. The maximum Gasteiger partial charge on any atom is 0.244 e. The highest BCUT2D eigenvalue weighted by molar-refractivity contribution is 9.09. The molecule has 9 heteroatoms. The van der Waals surface area contributed by atoms with E-state index in [4.69, 9.17) is 0 Å². The largest absolute Gasteiger partial charge is 0.394 e. The summed E-state index contributed by atoms with van der Waals surface area (Å²) in [5, 5.41) is 16.3. The van der Waals surface area contributed by atoms with E-state index in [-0.39, 0.29) is 40.3 Å². The first-order valence-corrected chi connectivity index (χ1v) is 14.9. The maximum atomic E-state index is 14.1. The van der Waals surface area contributed by atoms with E-state index in [9.17, 15) is 19.5 Å². The highest BCUT2D eigenvalue weighted by Crippen LogP contribution is 2.68. The smallest absolute Gasteiger partial charge is 0.244 e. The third-order valence-electron chi connectivity index (χ3n) is 7.75. The van der Waals surface area contributed by atoms with E-state index in [1.165, 1.54) is 0 Å². The molecular weight excluding hydrogens is 542 g/mol. The Morgan fingerprint density at radius 3 is 2.58 bits per heavy atom. The molecule has 0 saturated carbocycles. The number of nitrogens with one attached hydrogen (secondary N) is 2. The Hall–Kier alpha value is -1.58. The predicted octanol–water partition coefficient (Wildman–Crippen LogP) is 3.80. The van der Waals surface area contributed by atoms with Crippen LogP contribution in [0.4, 0.5) is 5.69 Å². The van der Waals surface area contributed by atoms with Gasteiger partial charge in [-0.3, -0.25) is 14.4 Å². The summed E-state index contributed by atoms with van der Waals surface area (Å²) in [6.45, 7) is 6.56. The molecule has 4 rings (SSSR count). The Labute approximate surface area is 226 Å². The number of carbonyl (C=O) groups is 3. The molecule has 3 unspecified atom stereocenters. The number of fused-ring (bicyclic) bond motifs is 1. The van der Waals surface area contributed by atoms with E-state index in [0.717, 1.165) is 19.3 Å². The summed E-state index contributed by atoms with van der Waals surface area (Å²) in [6.07, 6.45) is 4.19. The lowest BCUT2D eigenvalue weighted by Crippen LogP contribution is -2.57. The molecule has 3 N–H and O–H groups in total. The highest BCUT2D eigenvalue weighted by Gasteiger charge is 2.76. The van der Waals surface area contributed by atoms with Crippen molar-refractivity contribution in [2.45, 2.75) is 79.8 Å². The Morgan fingerprint density at radius 1 is 1.22 bits per heavy atom. The normalized spacial score (nSPS) is 31.6. The molecule has 3 aliphatic rings. The number of aliphatic hydroxyl groups excluding tert-OH is 1. The minimum atomic E-state index is -0.711. The van der Waals surface area contributed by atoms with Crippen LogP contribution in [0.2, 0.25) is 0 Å². The van der Waals surface area contributed by atoms with Crippen LogP contribution in [-0.4, -0.2) is 67.8 Å². The maximum absolute atomic E-state index is 14.1. The number of halogens is 1. The number of hydrogen-bond acceptors (Lipinski definition) is 5. The molecule has 1 aromatic carbocycles. The second-order valence-electron chi connectivity index (χ2n) is 10.7. The summed E-state index contributed by atoms with van der Waals surface area (Å²) >= 11 is 5.42. The summed E-state index contributed by atoms with van der Waals surface area (Å²) in [4.78, 5) is 43.2. The Balaban J connectivity index is 1.69. The van der Waals surface area contributed by atoms with Gasteiger partial charge in [-0.15, -0.1) is 11.8 Å². The third-order valence-corrected chi connectivity index (χ3v) is 11.0. The van der Waals surface area contributed by atoms with E-state index in [0.29, 0.717) is 25.1 Å². The van der Waals surface area contributed by atoms with E-state index in [1.807, 2.05) is 44.2 Å². The van der Waals surface area contributed by atoms with Crippen molar-refractivity contribution in [3.8, 4) is 0 Å². The summed E-state index contributed by atoms with van der Waals surface area (Å²) in [6, 6.07) is 8.10. The quantitative estimate of drug-likeness (QED) is 0.273. The van der Waals surface area contributed by atoms with E-state index in [1.54, 1.807) is 16.7 Å². The number of likely N-dealkylation sites (tertiary alicyclic amines) is 1. The molecule has 3 aliphatic heterocycles. The average molecular weight is 581 g/mol. The Kier molecular flexibility index (Phi) is 8.72. The molecule has 1 aromatic rings. The average Bonchev–Trinajstić information content (AvgIpc) is 3.44. The van der Waals surface area contributed by atoms with Crippen LogP contribution in [0.3, 0.4) is 0 Å². The number of alkyl halides is 1. The molecule has 7 nitrogen and oxygen atoms in total. The number of thioether (sulfide) groups is 1. The number of carbonyl (C=O) groups excluding carboxylic acids is 3. The first-order chi connectivity index (χ1) is 17.2. The Bertz CT molecular complexity index is 964. The molecule has 3 amide bonds. The van der Waals surface area contributed by atoms with Crippen LogP contribution in [0.25, 0.3) is 0 Å². The lowest BCUT2D eigenvalue weighted by atomic mass is 9.70. The second kappa shape index (κ2) is 11.4. The monoisotopic (exact) mass is 579 g/mol.